The maximum Gasteiger partial charge on any atom is 0.271 e. The molecule has 0 spiro atoms. The predicted octanol–water partition coefficient (Wildman–Crippen LogP) is 1.30. The van der Waals surface area contributed by atoms with Gasteiger partial charge in [0.1, 0.15) is 0 Å². The molecule has 0 bridgehead atoms. The van der Waals surface area contributed by atoms with Gasteiger partial charge in [0.2, 0.25) is 0 Å². The molecule has 0 aliphatic heterocycles. The molecule has 8 heteroatoms. The lowest BCUT2D eigenvalue weighted by Crippen LogP contribution is -1.97. The van der Waals surface area contributed by atoms with Crippen LogP contribution in [0.5, 0.6) is 0 Å². The second kappa shape index (κ2) is 6.81. The number of hydrogen-bond acceptors (Lipinski definition) is 5. The van der Waals surface area contributed by atoms with Crippen molar-refractivity contribution in [2.45, 2.75) is 0 Å². The molecule has 0 fully saturated rings. The van der Waals surface area contributed by atoms with Crippen LogP contribution in [0.2, 0.25) is 0 Å². The van der Waals surface area contributed by atoms with Gasteiger partial charge >= 0.3 is 0 Å². The van der Waals surface area contributed by atoms with E-state index in [2.05, 4.69) is 5.32 Å². The summed E-state index contributed by atoms with van der Waals surface area (Å²) in [5.74, 6) is 0. The van der Waals surface area contributed by atoms with Crippen molar-refractivity contribution in [1.82, 2.24) is 0 Å². The zero-order valence-electron chi connectivity index (χ0n) is 8.93. The van der Waals surface area contributed by atoms with Crippen LogP contribution >= 0.6 is 8.03 Å². The first-order chi connectivity index (χ1) is 7.38. The third-order valence-corrected chi connectivity index (χ3v) is 1.52. The molecule has 7 nitrogen and oxygen atoms in total. The molecule has 4 N–H and O–H groups in total. The third-order valence-electron chi connectivity index (χ3n) is 1.52. The average Bonchev–Trinajstić information content (AvgIpc) is 2.16. The highest BCUT2D eigenvalue weighted by Gasteiger charge is 2.06. The van der Waals surface area contributed by atoms with Crippen molar-refractivity contribution in [2.24, 2.45) is 0 Å². The van der Waals surface area contributed by atoms with Crippen LogP contribution in [-0.2, 0) is 4.57 Å². The summed E-state index contributed by atoms with van der Waals surface area (Å²) in [5, 5.41) is 13.1. The molecule has 16 heavy (non-hydrogen) atoms. The van der Waals surface area contributed by atoms with Crippen molar-refractivity contribution in [3.63, 3.8) is 0 Å². The fourth-order valence-electron chi connectivity index (χ4n) is 0.891. The van der Waals surface area contributed by atoms with E-state index in [0.717, 1.165) is 0 Å². The Morgan fingerprint density at radius 3 is 2.38 bits per heavy atom. The Hall–Kier alpha value is -1.59. The Morgan fingerprint density at radius 1 is 1.56 bits per heavy atom. The summed E-state index contributed by atoms with van der Waals surface area (Å²) in [5.41, 5.74) is 6.58. The molecule has 0 radical (unpaired) electrons. The molecule has 0 aromatic heterocycles. The number of nitrogens with zero attached hydrogens (tertiary/aromatic N) is 1. The molecular weight excluding hydrogens is 233 g/mol. The Bertz CT molecular complexity index is 393. The van der Waals surface area contributed by atoms with Crippen LogP contribution in [0, 0.1) is 10.1 Å². The van der Waals surface area contributed by atoms with E-state index in [0.29, 0.717) is 11.4 Å². The van der Waals surface area contributed by atoms with E-state index in [1.165, 1.54) is 18.8 Å². The van der Waals surface area contributed by atoms with Crippen molar-refractivity contribution >= 4 is 25.1 Å². The number of nitrogens with two attached hydrogens (primary N) is 1. The fraction of sp³-hybridized carbons (Fsp3) is 0.250. The minimum atomic E-state index is -2.13. The molecule has 90 valence electrons. The second-order valence-electron chi connectivity index (χ2n) is 2.80. The Labute approximate surface area is 93.3 Å². The minimum Gasteiger partial charge on any atom is -0.397 e. The van der Waals surface area contributed by atoms with E-state index in [1.54, 1.807) is 13.1 Å². The van der Waals surface area contributed by atoms with Crippen LogP contribution in [0.4, 0.5) is 17.1 Å². The van der Waals surface area contributed by atoms with Crippen LogP contribution in [-0.4, -0.2) is 23.5 Å². The van der Waals surface area contributed by atoms with Gasteiger partial charge in [-0.05, 0) is 6.07 Å². The molecule has 0 amide bonds. The van der Waals surface area contributed by atoms with Gasteiger partial charge in [-0.3, -0.25) is 14.7 Å². The second-order valence-corrected chi connectivity index (χ2v) is 3.84. The first-order valence-corrected chi connectivity index (χ1v) is 6.15. The summed E-state index contributed by atoms with van der Waals surface area (Å²) in [6, 6.07) is 4.31. The lowest BCUT2D eigenvalue weighted by molar-refractivity contribution is -0.384. The number of nitro benzene ring substituents is 1. The monoisotopic (exact) mass is 247 g/mol. The zero-order valence-corrected chi connectivity index (χ0v) is 9.93. The highest BCUT2D eigenvalue weighted by molar-refractivity contribution is 7.36. The standard InChI is InChI=1S/C7H9N3O2.CH5O2P/c1-9-7-3-2-5(10(11)12)4-6(7)8;1-4(2)3/h2-4,9H,8H2,1H3;4H,1H3,(H,2,3). The van der Waals surface area contributed by atoms with E-state index < -0.39 is 13.0 Å². The normalized spacial score (nSPS) is 10.9. The summed E-state index contributed by atoms with van der Waals surface area (Å²) in [7, 11) is -0.424. The summed E-state index contributed by atoms with van der Waals surface area (Å²) in [6.45, 7) is 1.27. The largest absolute Gasteiger partial charge is 0.397 e. The fourth-order valence-corrected chi connectivity index (χ4v) is 0.891. The first kappa shape index (κ1) is 14.4. The molecule has 0 heterocycles. The molecule has 0 saturated carbocycles. The molecule has 0 aliphatic rings. The summed E-state index contributed by atoms with van der Waals surface area (Å²) in [6.07, 6.45) is 0. The van der Waals surface area contributed by atoms with Gasteiger partial charge in [-0.15, -0.1) is 0 Å². The van der Waals surface area contributed by atoms with Crippen molar-refractivity contribution in [3.05, 3.63) is 28.3 Å². The smallest absolute Gasteiger partial charge is 0.271 e. The number of benzene rings is 1. The predicted molar refractivity (Wildman–Crippen MR) is 64.2 cm³/mol. The lowest BCUT2D eigenvalue weighted by Gasteiger charge is -2.02. The number of nitro groups is 1. The molecule has 1 aromatic rings. The first-order valence-electron chi connectivity index (χ1n) is 4.29. The van der Waals surface area contributed by atoms with Gasteiger partial charge < -0.3 is 15.9 Å². The molecule has 0 saturated heterocycles. The van der Waals surface area contributed by atoms with Crippen LogP contribution in [0.1, 0.15) is 0 Å². The number of rotatable bonds is 2. The van der Waals surface area contributed by atoms with Gasteiger partial charge in [-0.1, -0.05) is 0 Å². The van der Waals surface area contributed by atoms with Gasteiger partial charge in [0.05, 0.1) is 16.3 Å². The van der Waals surface area contributed by atoms with E-state index in [1.807, 2.05) is 0 Å². The van der Waals surface area contributed by atoms with Crippen LogP contribution < -0.4 is 11.1 Å². The number of nitrogen functional groups attached to an aromatic ring is 1. The molecular formula is C8H14N3O4P. The van der Waals surface area contributed by atoms with Crippen molar-refractivity contribution in [1.29, 1.82) is 0 Å². The number of anilines is 2. The summed E-state index contributed by atoms with van der Waals surface area (Å²) < 4.78 is 9.19. The quantitative estimate of drug-likeness (QED) is 0.313. The maximum atomic E-state index is 10.3. The number of nitrogens with one attached hydrogen (secondary N) is 1. The van der Waals surface area contributed by atoms with Gasteiger partial charge in [-0.25, -0.2) is 0 Å². The molecule has 1 unspecified atom stereocenters. The number of non-ortho nitro benzene ring substituents is 1. The van der Waals surface area contributed by atoms with Gasteiger partial charge in [-0.2, -0.15) is 0 Å². The Kier molecular flexibility index (Phi) is 6.14. The molecule has 1 atom stereocenters. The highest BCUT2D eigenvalue weighted by Crippen LogP contribution is 2.23. The third kappa shape index (κ3) is 5.33. The molecule has 1 rings (SSSR count). The average molecular weight is 247 g/mol. The van der Waals surface area contributed by atoms with Crippen LogP contribution in [0.15, 0.2) is 18.2 Å². The maximum absolute atomic E-state index is 10.3. The summed E-state index contributed by atoms with van der Waals surface area (Å²) >= 11 is 0. The number of hydrogen-bond donors (Lipinski definition) is 3. The van der Waals surface area contributed by atoms with E-state index in [-0.39, 0.29) is 5.69 Å². The van der Waals surface area contributed by atoms with E-state index in [4.69, 9.17) is 10.6 Å². The Morgan fingerprint density at radius 2 is 2.06 bits per heavy atom. The van der Waals surface area contributed by atoms with E-state index >= 15 is 0 Å². The molecule has 1 aromatic carbocycles. The van der Waals surface area contributed by atoms with Crippen molar-refractivity contribution in [3.8, 4) is 0 Å². The van der Waals surface area contributed by atoms with Crippen molar-refractivity contribution in [2.75, 3.05) is 24.8 Å². The van der Waals surface area contributed by atoms with Crippen LogP contribution in [0.25, 0.3) is 0 Å². The molecule has 0 aliphatic carbocycles. The van der Waals surface area contributed by atoms with E-state index in [9.17, 15) is 14.7 Å². The Balaban J connectivity index is 0.000000487. The summed E-state index contributed by atoms with van der Waals surface area (Å²) in [4.78, 5) is 17.4. The van der Waals surface area contributed by atoms with Gasteiger partial charge in [0, 0.05) is 25.8 Å². The minimum absolute atomic E-state index is 0.00602. The van der Waals surface area contributed by atoms with Crippen molar-refractivity contribution < 1.29 is 14.4 Å². The van der Waals surface area contributed by atoms with Gasteiger partial charge in [0.25, 0.3) is 5.69 Å². The van der Waals surface area contributed by atoms with Gasteiger partial charge in [0.15, 0.2) is 8.03 Å². The highest BCUT2D eigenvalue weighted by atomic mass is 31.1. The topological polar surface area (TPSA) is 118 Å². The lowest BCUT2D eigenvalue weighted by atomic mass is 10.2. The van der Waals surface area contributed by atoms with Crippen LogP contribution in [0.3, 0.4) is 0 Å². The SMILES string of the molecule is CNc1ccc([N+](=O)[O-])cc1N.C[PH](=O)O. The zero-order chi connectivity index (χ0) is 12.7.